The molecule has 0 aliphatic carbocycles. The number of benzene rings is 1. The van der Waals surface area contributed by atoms with Crippen LogP contribution in [0.25, 0.3) is 0 Å². The van der Waals surface area contributed by atoms with Gasteiger partial charge in [0.05, 0.1) is 5.69 Å². The Morgan fingerprint density at radius 1 is 1.39 bits per heavy atom. The van der Waals surface area contributed by atoms with Crippen LogP contribution in [-0.4, -0.2) is 18.5 Å². The Morgan fingerprint density at radius 3 is 2.39 bits per heavy atom. The lowest BCUT2D eigenvalue weighted by molar-refractivity contribution is -0.0499. The van der Waals surface area contributed by atoms with Crippen molar-refractivity contribution in [3.05, 3.63) is 23.8 Å². The van der Waals surface area contributed by atoms with Gasteiger partial charge in [0.1, 0.15) is 4.62 Å². The molecule has 0 fully saturated rings. The molecule has 0 aliphatic heterocycles. The summed E-state index contributed by atoms with van der Waals surface area (Å²) >= 11 is 2.76. The number of alkyl halides is 3. The Hall–Kier alpha value is -1.29. The van der Waals surface area contributed by atoms with Gasteiger partial charge < -0.3 is 9.92 Å². The number of hydrogen-bond acceptors (Lipinski definition) is 5. The van der Waals surface area contributed by atoms with Crippen LogP contribution in [0.3, 0.4) is 0 Å². The van der Waals surface area contributed by atoms with Crippen molar-refractivity contribution in [3.63, 3.8) is 0 Å². The molecule has 18 heavy (non-hydrogen) atoms. The number of halogens is 4. The minimum absolute atomic E-state index is 0.0184. The number of anilines is 1. The topological polar surface area (TPSA) is 93.2 Å². The quantitative estimate of drug-likeness (QED) is 0.379. The van der Waals surface area contributed by atoms with Crippen molar-refractivity contribution in [1.29, 1.82) is 5.41 Å². The summed E-state index contributed by atoms with van der Waals surface area (Å²) in [6.07, 6.45) is 0. The molecule has 0 saturated carbocycles. The third-order valence-electron chi connectivity index (χ3n) is 1.79. The van der Waals surface area contributed by atoms with E-state index in [1.165, 1.54) is 12.1 Å². The Labute approximate surface area is 108 Å². The third kappa shape index (κ3) is 2.93. The van der Waals surface area contributed by atoms with Crippen LogP contribution in [0.2, 0.25) is 0 Å². The molecule has 0 spiro atoms. The zero-order valence-corrected chi connectivity index (χ0v) is 10.9. The van der Waals surface area contributed by atoms with Crippen molar-refractivity contribution in [2.24, 2.45) is 0 Å². The molecule has 1 aromatic rings. The third-order valence-corrected chi connectivity index (χ3v) is 3.18. The van der Waals surface area contributed by atoms with Gasteiger partial charge in [-0.15, -0.1) is 0 Å². The van der Waals surface area contributed by atoms with Crippen molar-refractivity contribution in [2.45, 2.75) is 5.51 Å². The second-order valence-electron chi connectivity index (χ2n) is 3.01. The Morgan fingerprint density at radius 2 is 1.94 bits per heavy atom. The minimum Gasteiger partial charge on any atom is -0.395 e. The van der Waals surface area contributed by atoms with Crippen LogP contribution in [0.5, 0.6) is 5.75 Å². The molecule has 5 nitrogen and oxygen atoms in total. The van der Waals surface area contributed by atoms with Crippen molar-refractivity contribution in [2.75, 3.05) is 5.73 Å². The normalized spacial score (nSPS) is 12.2. The fourth-order valence-corrected chi connectivity index (χ4v) is 1.80. The molecular formula is C8H6BrF3N2O3S. The van der Waals surface area contributed by atoms with E-state index in [1.54, 1.807) is 0 Å². The smallest absolute Gasteiger partial charge is 0.395 e. The Bertz CT molecular complexity index is 586. The highest BCUT2D eigenvalue weighted by atomic mass is 79.9. The summed E-state index contributed by atoms with van der Waals surface area (Å²) in [5.74, 6) is -0.686. The largest absolute Gasteiger partial charge is 0.534 e. The fraction of sp³-hybridized carbons (Fsp3) is 0.125. The second kappa shape index (κ2) is 4.76. The summed E-state index contributed by atoms with van der Waals surface area (Å²) < 4.78 is 61.6. The molecule has 0 heterocycles. The van der Waals surface area contributed by atoms with Crippen molar-refractivity contribution in [1.82, 2.24) is 0 Å². The summed E-state index contributed by atoms with van der Waals surface area (Å²) in [4.78, 5) is 0. The van der Waals surface area contributed by atoms with Gasteiger partial charge >= 0.3 is 15.6 Å². The summed E-state index contributed by atoms with van der Waals surface area (Å²) in [6.45, 7) is 0. The molecular weight excluding hydrogens is 341 g/mol. The van der Waals surface area contributed by atoms with Crippen LogP contribution < -0.4 is 9.92 Å². The maximum absolute atomic E-state index is 12.1. The van der Waals surface area contributed by atoms with E-state index in [-0.39, 0.29) is 15.9 Å². The molecule has 0 aromatic heterocycles. The number of hydrogen-bond donors (Lipinski definition) is 2. The lowest BCUT2D eigenvalue weighted by Gasteiger charge is -2.12. The highest BCUT2D eigenvalue weighted by Gasteiger charge is 2.48. The number of nitrogens with two attached hydrogens (primary N) is 1. The summed E-state index contributed by atoms with van der Waals surface area (Å²) in [5, 5.41) is 7.24. The molecule has 100 valence electrons. The van der Waals surface area contributed by atoms with Gasteiger partial charge in [0.15, 0.2) is 5.75 Å². The monoisotopic (exact) mass is 346 g/mol. The maximum Gasteiger partial charge on any atom is 0.534 e. The number of nitrogens with one attached hydrogen (secondary N) is 1. The first-order chi connectivity index (χ1) is 8.06. The molecule has 0 amide bonds. The van der Waals surface area contributed by atoms with Gasteiger partial charge in [-0.3, -0.25) is 5.41 Å². The maximum atomic E-state index is 12.1. The molecule has 0 radical (unpaired) electrons. The highest BCUT2D eigenvalue weighted by Crippen LogP contribution is 2.32. The number of nitrogen functional groups attached to an aromatic ring is 1. The van der Waals surface area contributed by atoms with Crippen molar-refractivity contribution in [3.8, 4) is 5.75 Å². The highest BCUT2D eigenvalue weighted by molar-refractivity contribution is 9.18. The first-order valence-corrected chi connectivity index (χ1v) is 6.40. The zero-order chi connectivity index (χ0) is 14.1. The predicted octanol–water partition coefficient (Wildman–Crippen LogP) is 2.22. The average Bonchev–Trinajstić information content (AvgIpc) is 2.18. The first-order valence-electron chi connectivity index (χ1n) is 4.20. The van der Waals surface area contributed by atoms with Crippen LogP contribution in [0.15, 0.2) is 18.2 Å². The molecule has 0 saturated heterocycles. The number of para-hydroxylation sites is 1. The standard InChI is InChI=1S/C8H6BrF3N2O3S/c9-7(14)4-2-1-3-5(6(4)13)17-18(15,16)8(10,11)12/h1-3,14H,13H2. The van der Waals surface area contributed by atoms with Gasteiger partial charge in [0.2, 0.25) is 0 Å². The molecule has 0 bridgehead atoms. The average molecular weight is 347 g/mol. The van der Waals surface area contributed by atoms with E-state index >= 15 is 0 Å². The van der Waals surface area contributed by atoms with Crippen LogP contribution in [0.1, 0.15) is 5.56 Å². The van der Waals surface area contributed by atoms with Gasteiger partial charge in [-0.2, -0.15) is 21.6 Å². The molecule has 3 N–H and O–H groups in total. The predicted molar refractivity (Wildman–Crippen MR) is 62.2 cm³/mol. The van der Waals surface area contributed by atoms with Crippen molar-refractivity contribution >= 4 is 36.4 Å². The zero-order valence-electron chi connectivity index (χ0n) is 8.45. The van der Waals surface area contributed by atoms with Crippen LogP contribution in [0, 0.1) is 5.41 Å². The summed E-state index contributed by atoms with van der Waals surface area (Å²) in [5.41, 5.74) is -0.501. The molecule has 10 heteroatoms. The molecule has 0 unspecified atom stereocenters. The molecule has 1 aromatic carbocycles. The van der Waals surface area contributed by atoms with Gasteiger partial charge in [0.25, 0.3) is 0 Å². The molecule has 1 rings (SSSR count). The second-order valence-corrected chi connectivity index (χ2v) is 5.35. The molecule has 0 atom stereocenters. The summed E-state index contributed by atoms with van der Waals surface area (Å²) in [7, 11) is -5.78. The minimum atomic E-state index is -5.78. The van der Waals surface area contributed by atoms with Crippen LogP contribution >= 0.6 is 15.9 Å². The van der Waals surface area contributed by atoms with E-state index in [1.807, 2.05) is 0 Å². The first kappa shape index (κ1) is 14.8. The van der Waals surface area contributed by atoms with Gasteiger partial charge in [0, 0.05) is 5.56 Å². The fourth-order valence-electron chi connectivity index (χ4n) is 0.974. The lowest BCUT2D eigenvalue weighted by atomic mass is 10.2. The van der Waals surface area contributed by atoms with E-state index in [0.29, 0.717) is 0 Å². The SMILES string of the molecule is N=C(Br)c1cccc(OS(=O)(=O)C(F)(F)F)c1N. The van der Waals surface area contributed by atoms with Crippen LogP contribution in [0.4, 0.5) is 18.9 Å². The Balaban J connectivity index is 3.23. The van der Waals surface area contributed by atoms with E-state index < -0.39 is 21.4 Å². The molecule has 0 aliphatic rings. The van der Waals surface area contributed by atoms with Gasteiger partial charge in [-0.05, 0) is 28.1 Å². The van der Waals surface area contributed by atoms with E-state index in [9.17, 15) is 21.6 Å². The lowest BCUT2D eigenvalue weighted by Crippen LogP contribution is -2.28. The van der Waals surface area contributed by atoms with Crippen molar-refractivity contribution < 1.29 is 25.8 Å². The van der Waals surface area contributed by atoms with E-state index in [2.05, 4.69) is 20.1 Å². The van der Waals surface area contributed by atoms with E-state index in [4.69, 9.17) is 11.1 Å². The Kier molecular flexibility index (Phi) is 3.91. The van der Waals surface area contributed by atoms with Gasteiger partial charge in [-0.25, -0.2) is 0 Å². The summed E-state index contributed by atoms with van der Waals surface area (Å²) in [6, 6.07) is 3.49. The van der Waals surface area contributed by atoms with E-state index in [0.717, 1.165) is 6.07 Å². The van der Waals surface area contributed by atoms with Gasteiger partial charge in [-0.1, -0.05) is 6.07 Å². The van der Waals surface area contributed by atoms with Crippen LogP contribution in [-0.2, 0) is 10.1 Å². The number of rotatable bonds is 3.